The summed E-state index contributed by atoms with van der Waals surface area (Å²) < 4.78 is 11.4. The molecule has 2 aromatic rings. The predicted octanol–water partition coefficient (Wildman–Crippen LogP) is 4.34. The largest absolute Gasteiger partial charge is 0.489 e. The smallest absolute Gasteiger partial charge is 0.345 e. The summed E-state index contributed by atoms with van der Waals surface area (Å²) in [6.45, 7) is 4.98. The molecule has 0 aliphatic rings. The maximum absolute atomic E-state index is 11.8. The van der Waals surface area contributed by atoms with Crippen molar-refractivity contribution in [2.75, 3.05) is 32.7 Å². The highest BCUT2D eigenvalue weighted by atomic mass is 16.7. The average molecular weight is 370 g/mol. The monoisotopic (exact) mass is 370 g/mol. The number of aryl methyl sites for hydroxylation is 2. The van der Waals surface area contributed by atoms with Gasteiger partial charge in [-0.05, 0) is 49.8 Å². The maximum Gasteiger partial charge on any atom is 0.345 e. The molecule has 0 saturated heterocycles. The van der Waals surface area contributed by atoms with E-state index in [1.54, 1.807) is 12.1 Å². The molecule has 2 rings (SSSR count). The second-order valence-electron chi connectivity index (χ2n) is 6.00. The number of anilines is 1. The summed E-state index contributed by atoms with van der Waals surface area (Å²) in [5, 5.41) is 3.82. The second-order valence-corrected chi connectivity index (χ2v) is 6.00. The Labute approximate surface area is 160 Å². The minimum atomic E-state index is -0.363. The van der Waals surface area contributed by atoms with E-state index in [0.717, 1.165) is 16.4 Å². The Kier molecular flexibility index (Phi) is 7.70. The summed E-state index contributed by atoms with van der Waals surface area (Å²) in [5.41, 5.74) is 2.97. The molecule has 6 heteroatoms. The zero-order valence-corrected chi connectivity index (χ0v) is 16.2. The average Bonchev–Trinajstić information content (AvgIpc) is 2.65. The zero-order chi connectivity index (χ0) is 19.6. The number of hydrogen-bond donors (Lipinski definition) is 1. The van der Waals surface area contributed by atoms with Gasteiger partial charge < -0.3 is 14.8 Å². The fraction of sp³-hybridized carbons (Fsp3) is 0.286. The third kappa shape index (κ3) is 6.67. The molecule has 0 unspecified atom stereocenters. The Bertz CT molecular complexity index is 790. The molecule has 0 spiro atoms. The van der Waals surface area contributed by atoms with Crippen LogP contribution in [0.5, 0.6) is 11.5 Å². The third-order valence-electron chi connectivity index (χ3n) is 3.82. The molecule has 0 aliphatic carbocycles. The molecular formula is C21H26N2O4. The molecule has 27 heavy (non-hydrogen) atoms. The van der Waals surface area contributed by atoms with Crippen molar-refractivity contribution >= 4 is 11.7 Å². The van der Waals surface area contributed by atoms with E-state index in [1.807, 2.05) is 43.3 Å². The number of ether oxygens (including phenoxy) is 2. The Morgan fingerprint density at radius 3 is 2.52 bits per heavy atom. The number of urea groups is 1. The van der Waals surface area contributed by atoms with Crippen LogP contribution in [-0.2, 0) is 4.84 Å². The molecule has 1 N–H and O–H groups in total. The Morgan fingerprint density at radius 1 is 1.07 bits per heavy atom. The molecule has 0 bridgehead atoms. The molecule has 0 fully saturated rings. The maximum atomic E-state index is 11.8. The first kappa shape index (κ1) is 20.3. The van der Waals surface area contributed by atoms with Gasteiger partial charge >= 0.3 is 6.03 Å². The van der Waals surface area contributed by atoms with Gasteiger partial charge in [-0.25, -0.2) is 9.86 Å². The van der Waals surface area contributed by atoms with Crippen molar-refractivity contribution in [1.29, 1.82) is 0 Å². The number of rotatable bonds is 8. The highest BCUT2D eigenvalue weighted by Crippen LogP contribution is 2.19. The predicted molar refractivity (Wildman–Crippen MR) is 106 cm³/mol. The normalized spacial score (nSPS) is 10.7. The number of hydrogen-bond acceptors (Lipinski definition) is 4. The topological polar surface area (TPSA) is 60.0 Å². The van der Waals surface area contributed by atoms with Gasteiger partial charge in [0.15, 0.2) is 0 Å². The zero-order valence-electron chi connectivity index (χ0n) is 16.2. The minimum absolute atomic E-state index is 0.363. The van der Waals surface area contributed by atoms with Gasteiger partial charge in [-0.3, -0.25) is 4.84 Å². The lowest BCUT2D eigenvalue weighted by molar-refractivity contribution is -0.0598. The van der Waals surface area contributed by atoms with E-state index in [-0.39, 0.29) is 6.03 Å². The summed E-state index contributed by atoms with van der Waals surface area (Å²) in [6, 6.07) is 12.9. The summed E-state index contributed by atoms with van der Waals surface area (Å²) in [7, 11) is 2.95. The molecule has 0 atom stereocenters. The highest BCUT2D eigenvalue weighted by molar-refractivity contribution is 5.88. The van der Waals surface area contributed by atoms with E-state index < -0.39 is 0 Å². The van der Waals surface area contributed by atoms with Gasteiger partial charge in [-0.1, -0.05) is 23.8 Å². The van der Waals surface area contributed by atoms with E-state index in [4.69, 9.17) is 14.3 Å². The van der Waals surface area contributed by atoms with Gasteiger partial charge in [0.2, 0.25) is 0 Å². The van der Waals surface area contributed by atoms with Crippen LogP contribution in [-0.4, -0.2) is 38.5 Å². The van der Waals surface area contributed by atoms with Crippen LogP contribution in [0.2, 0.25) is 0 Å². The number of nitrogens with one attached hydrogen (secondary N) is 1. The molecule has 0 saturated carbocycles. The lowest BCUT2D eigenvalue weighted by Gasteiger charge is -2.15. The van der Waals surface area contributed by atoms with Crippen LogP contribution >= 0.6 is 0 Å². The number of hydroxylamine groups is 2. The molecule has 0 aliphatic heterocycles. The van der Waals surface area contributed by atoms with Crippen LogP contribution in [0.3, 0.4) is 0 Å². The van der Waals surface area contributed by atoms with E-state index >= 15 is 0 Å². The fourth-order valence-electron chi connectivity index (χ4n) is 2.33. The van der Waals surface area contributed by atoms with Crippen LogP contribution in [0.4, 0.5) is 10.5 Å². The van der Waals surface area contributed by atoms with Crippen molar-refractivity contribution in [2.24, 2.45) is 0 Å². The lowest BCUT2D eigenvalue weighted by Crippen LogP contribution is -2.30. The minimum Gasteiger partial charge on any atom is -0.489 e. The van der Waals surface area contributed by atoms with Crippen molar-refractivity contribution in [1.82, 2.24) is 5.06 Å². The first-order chi connectivity index (χ1) is 13.0. The summed E-state index contributed by atoms with van der Waals surface area (Å²) in [4.78, 5) is 16.6. The van der Waals surface area contributed by atoms with Crippen LogP contribution in [0.1, 0.15) is 11.1 Å². The molecule has 0 aromatic heterocycles. The van der Waals surface area contributed by atoms with Crippen LogP contribution in [0, 0.1) is 13.8 Å². The van der Waals surface area contributed by atoms with Gasteiger partial charge in [0.1, 0.15) is 24.7 Å². The molecule has 6 nitrogen and oxygen atoms in total. The number of carbonyl (C=O) groups is 1. The van der Waals surface area contributed by atoms with Crippen molar-refractivity contribution in [2.45, 2.75) is 13.8 Å². The standard InChI is InChI=1S/C21H26N2O4/c1-16-10-11-20(17(2)14-16)27-13-6-5-12-26-19-9-7-8-18(15-19)22-21(24)23(3)25-4/h5-11,14-15H,12-13H2,1-4H3,(H,22,24)/b6-5+. The van der Waals surface area contributed by atoms with Crippen molar-refractivity contribution < 1.29 is 19.1 Å². The lowest BCUT2D eigenvalue weighted by atomic mass is 10.1. The van der Waals surface area contributed by atoms with Crippen LogP contribution < -0.4 is 14.8 Å². The van der Waals surface area contributed by atoms with E-state index in [0.29, 0.717) is 24.7 Å². The third-order valence-corrected chi connectivity index (χ3v) is 3.82. The molecule has 144 valence electrons. The summed E-state index contributed by atoms with van der Waals surface area (Å²) in [5.74, 6) is 1.54. The van der Waals surface area contributed by atoms with Crippen molar-refractivity contribution in [3.05, 3.63) is 65.7 Å². The van der Waals surface area contributed by atoms with Gasteiger partial charge in [-0.2, -0.15) is 0 Å². The summed E-state index contributed by atoms with van der Waals surface area (Å²) in [6.07, 6.45) is 3.81. The first-order valence-electron chi connectivity index (χ1n) is 8.66. The number of amides is 2. The second kappa shape index (κ2) is 10.2. The van der Waals surface area contributed by atoms with Crippen molar-refractivity contribution in [3.63, 3.8) is 0 Å². The quantitative estimate of drug-likeness (QED) is 0.555. The molecule has 0 heterocycles. The number of benzene rings is 2. The van der Waals surface area contributed by atoms with Crippen LogP contribution in [0.15, 0.2) is 54.6 Å². The molecule has 0 radical (unpaired) electrons. The SMILES string of the molecule is CON(C)C(=O)Nc1cccc(OC/C=C/COc2ccc(C)cc2C)c1. The fourth-order valence-corrected chi connectivity index (χ4v) is 2.33. The molecule has 2 aromatic carbocycles. The number of carbonyl (C=O) groups excluding carboxylic acids is 1. The van der Waals surface area contributed by atoms with E-state index in [9.17, 15) is 4.79 Å². The summed E-state index contributed by atoms with van der Waals surface area (Å²) >= 11 is 0. The highest BCUT2D eigenvalue weighted by Gasteiger charge is 2.07. The van der Waals surface area contributed by atoms with E-state index in [1.165, 1.54) is 19.7 Å². The Balaban J connectivity index is 1.77. The van der Waals surface area contributed by atoms with Crippen LogP contribution in [0.25, 0.3) is 0 Å². The Hall–Kier alpha value is -2.99. The van der Waals surface area contributed by atoms with Crippen molar-refractivity contribution in [3.8, 4) is 11.5 Å². The van der Waals surface area contributed by atoms with Gasteiger partial charge in [0, 0.05) is 18.8 Å². The van der Waals surface area contributed by atoms with Gasteiger partial charge in [-0.15, -0.1) is 0 Å². The molecule has 2 amide bonds. The number of nitrogens with zero attached hydrogens (tertiary/aromatic N) is 1. The first-order valence-corrected chi connectivity index (χ1v) is 8.66. The van der Waals surface area contributed by atoms with E-state index in [2.05, 4.69) is 18.3 Å². The van der Waals surface area contributed by atoms with Gasteiger partial charge in [0.05, 0.1) is 7.11 Å². The Morgan fingerprint density at radius 2 is 1.81 bits per heavy atom. The molecular weight excluding hydrogens is 344 g/mol. The van der Waals surface area contributed by atoms with Gasteiger partial charge in [0.25, 0.3) is 0 Å².